The molecule has 0 radical (unpaired) electrons. The zero-order chi connectivity index (χ0) is 7.52. The van der Waals surface area contributed by atoms with Crippen LogP contribution in [0.2, 0.25) is 0 Å². The van der Waals surface area contributed by atoms with Crippen molar-refractivity contribution in [2.45, 2.75) is 31.8 Å². The highest BCUT2D eigenvalue weighted by molar-refractivity contribution is 7.09. The van der Waals surface area contributed by atoms with Crippen LogP contribution < -0.4 is 5.32 Å². The van der Waals surface area contributed by atoms with Gasteiger partial charge in [-0.1, -0.05) is 12.5 Å². The third kappa shape index (κ3) is 2.47. The average molecular weight is 204 g/mol. The molecule has 1 heterocycles. The van der Waals surface area contributed by atoms with Gasteiger partial charge in [-0.25, -0.2) is 0 Å². The predicted molar refractivity (Wildman–Crippen MR) is 56.0 cm³/mol. The van der Waals surface area contributed by atoms with E-state index in [0.29, 0.717) is 0 Å². The fourth-order valence-electron chi connectivity index (χ4n) is 1.27. The van der Waals surface area contributed by atoms with Gasteiger partial charge in [0.1, 0.15) is 0 Å². The third-order valence-electron chi connectivity index (χ3n) is 2.25. The quantitative estimate of drug-likeness (QED) is 0.797. The lowest BCUT2D eigenvalue weighted by Crippen LogP contribution is -2.34. The molecule has 68 valence electrons. The minimum Gasteiger partial charge on any atom is -0.309 e. The van der Waals surface area contributed by atoms with Gasteiger partial charge in [0.05, 0.1) is 0 Å². The summed E-state index contributed by atoms with van der Waals surface area (Å²) in [7, 11) is 0. The van der Waals surface area contributed by atoms with Gasteiger partial charge in [-0.2, -0.15) is 0 Å². The first-order valence-electron chi connectivity index (χ1n) is 4.21. The van der Waals surface area contributed by atoms with E-state index in [1.54, 1.807) is 0 Å². The summed E-state index contributed by atoms with van der Waals surface area (Å²) < 4.78 is 0. The van der Waals surface area contributed by atoms with Gasteiger partial charge in [-0.05, 0) is 24.3 Å². The Morgan fingerprint density at radius 2 is 2.33 bits per heavy atom. The van der Waals surface area contributed by atoms with Gasteiger partial charge in [0.2, 0.25) is 0 Å². The molecular weight excluding hydrogens is 190 g/mol. The number of hydrogen-bond donors (Lipinski definition) is 1. The van der Waals surface area contributed by atoms with Crippen molar-refractivity contribution >= 4 is 23.7 Å². The number of halogens is 1. The van der Waals surface area contributed by atoms with E-state index in [1.807, 2.05) is 11.3 Å². The molecule has 1 aromatic rings. The Kier molecular flexibility index (Phi) is 4.06. The smallest absolute Gasteiger partial charge is 0.0302 e. The zero-order valence-corrected chi connectivity index (χ0v) is 8.59. The van der Waals surface area contributed by atoms with E-state index in [1.165, 1.54) is 24.1 Å². The van der Waals surface area contributed by atoms with Crippen molar-refractivity contribution in [3.8, 4) is 0 Å². The van der Waals surface area contributed by atoms with Crippen LogP contribution in [-0.4, -0.2) is 6.04 Å². The molecule has 0 atom stereocenters. The van der Waals surface area contributed by atoms with E-state index in [9.17, 15) is 0 Å². The van der Waals surface area contributed by atoms with Crippen LogP contribution >= 0.6 is 23.7 Å². The first kappa shape index (κ1) is 10.0. The average Bonchev–Trinajstić information content (AvgIpc) is 2.36. The highest BCUT2D eigenvalue weighted by atomic mass is 35.5. The Morgan fingerprint density at radius 1 is 1.50 bits per heavy atom. The van der Waals surface area contributed by atoms with E-state index in [-0.39, 0.29) is 12.4 Å². The maximum atomic E-state index is 3.53. The van der Waals surface area contributed by atoms with E-state index in [0.717, 1.165) is 12.6 Å². The van der Waals surface area contributed by atoms with Crippen LogP contribution in [0.4, 0.5) is 0 Å². The monoisotopic (exact) mass is 203 g/mol. The minimum atomic E-state index is 0. The van der Waals surface area contributed by atoms with Gasteiger partial charge < -0.3 is 5.32 Å². The molecule has 0 aliphatic heterocycles. The molecule has 1 saturated carbocycles. The van der Waals surface area contributed by atoms with Crippen LogP contribution in [0, 0.1) is 0 Å². The summed E-state index contributed by atoms with van der Waals surface area (Å²) in [6.45, 7) is 1.07. The number of nitrogens with one attached hydrogen (secondary N) is 1. The number of rotatable bonds is 3. The van der Waals surface area contributed by atoms with Gasteiger partial charge in [0.15, 0.2) is 0 Å². The highest BCUT2D eigenvalue weighted by Gasteiger charge is 2.15. The summed E-state index contributed by atoms with van der Waals surface area (Å²) in [5, 5.41) is 5.67. The Bertz CT molecular complexity index is 206. The van der Waals surface area contributed by atoms with Gasteiger partial charge in [0.25, 0.3) is 0 Å². The summed E-state index contributed by atoms with van der Waals surface area (Å²) in [5.74, 6) is 0. The van der Waals surface area contributed by atoms with Crippen molar-refractivity contribution in [2.75, 3.05) is 0 Å². The van der Waals surface area contributed by atoms with Gasteiger partial charge in [-0.3, -0.25) is 0 Å². The molecule has 1 N–H and O–H groups in total. The van der Waals surface area contributed by atoms with Gasteiger partial charge >= 0.3 is 0 Å². The molecule has 1 aliphatic carbocycles. The lowest BCUT2D eigenvalue weighted by Gasteiger charge is -2.26. The summed E-state index contributed by atoms with van der Waals surface area (Å²) >= 11 is 1.84. The Hall–Kier alpha value is -0.0500. The molecule has 3 heteroatoms. The SMILES string of the molecule is Cl.c1csc(CNC2CCC2)c1. The van der Waals surface area contributed by atoms with E-state index in [2.05, 4.69) is 22.8 Å². The molecule has 0 aromatic carbocycles. The van der Waals surface area contributed by atoms with Crippen molar-refractivity contribution in [3.05, 3.63) is 22.4 Å². The second kappa shape index (κ2) is 4.85. The molecule has 0 amide bonds. The van der Waals surface area contributed by atoms with Crippen molar-refractivity contribution in [2.24, 2.45) is 0 Å². The minimum absolute atomic E-state index is 0. The highest BCUT2D eigenvalue weighted by Crippen LogP contribution is 2.19. The first-order chi connectivity index (χ1) is 5.45. The van der Waals surface area contributed by atoms with Crippen molar-refractivity contribution in [1.82, 2.24) is 5.32 Å². The maximum absolute atomic E-state index is 3.53. The summed E-state index contributed by atoms with van der Waals surface area (Å²) in [5.41, 5.74) is 0. The molecule has 1 fully saturated rings. The molecule has 0 spiro atoms. The summed E-state index contributed by atoms with van der Waals surface area (Å²) in [6.07, 6.45) is 4.18. The van der Waals surface area contributed by atoms with E-state index < -0.39 is 0 Å². The Labute approximate surface area is 83.6 Å². The first-order valence-corrected chi connectivity index (χ1v) is 5.09. The van der Waals surface area contributed by atoms with Crippen LogP contribution in [-0.2, 0) is 6.54 Å². The normalized spacial score (nSPS) is 16.7. The van der Waals surface area contributed by atoms with Crippen molar-refractivity contribution < 1.29 is 0 Å². The number of thiophene rings is 1. The Morgan fingerprint density at radius 3 is 2.83 bits per heavy atom. The fourth-order valence-corrected chi connectivity index (χ4v) is 1.93. The summed E-state index contributed by atoms with van der Waals surface area (Å²) in [4.78, 5) is 1.46. The molecule has 1 aliphatic rings. The third-order valence-corrected chi connectivity index (χ3v) is 3.13. The maximum Gasteiger partial charge on any atom is 0.0302 e. The lowest BCUT2D eigenvalue weighted by molar-refractivity contribution is 0.339. The molecule has 1 nitrogen and oxygen atoms in total. The molecular formula is C9H14ClNS. The van der Waals surface area contributed by atoms with Crippen LogP contribution in [0.3, 0.4) is 0 Å². The second-order valence-electron chi connectivity index (χ2n) is 3.09. The molecule has 2 rings (SSSR count). The predicted octanol–water partition coefficient (Wildman–Crippen LogP) is 2.81. The molecule has 0 unspecified atom stereocenters. The van der Waals surface area contributed by atoms with Crippen molar-refractivity contribution in [1.29, 1.82) is 0 Å². The van der Waals surface area contributed by atoms with Gasteiger partial charge in [0, 0.05) is 17.5 Å². The fraction of sp³-hybridized carbons (Fsp3) is 0.556. The largest absolute Gasteiger partial charge is 0.309 e. The van der Waals surface area contributed by atoms with Crippen LogP contribution in [0.1, 0.15) is 24.1 Å². The summed E-state index contributed by atoms with van der Waals surface area (Å²) in [6, 6.07) is 5.12. The van der Waals surface area contributed by atoms with Gasteiger partial charge in [-0.15, -0.1) is 23.7 Å². The topological polar surface area (TPSA) is 12.0 Å². The van der Waals surface area contributed by atoms with Crippen LogP contribution in [0.5, 0.6) is 0 Å². The number of hydrogen-bond acceptors (Lipinski definition) is 2. The second-order valence-corrected chi connectivity index (χ2v) is 4.12. The van der Waals surface area contributed by atoms with Crippen LogP contribution in [0.25, 0.3) is 0 Å². The molecule has 0 saturated heterocycles. The zero-order valence-electron chi connectivity index (χ0n) is 6.95. The van der Waals surface area contributed by atoms with E-state index >= 15 is 0 Å². The van der Waals surface area contributed by atoms with Crippen molar-refractivity contribution in [3.63, 3.8) is 0 Å². The Balaban J connectivity index is 0.000000720. The lowest BCUT2D eigenvalue weighted by atomic mass is 9.93. The molecule has 1 aromatic heterocycles. The molecule has 0 bridgehead atoms. The van der Waals surface area contributed by atoms with E-state index in [4.69, 9.17) is 0 Å². The molecule has 12 heavy (non-hydrogen) atoms. The van der Waals surface area contributed by atoms with Crippen LogP contribution in [0.15, 0.2) is 17.5 Å². The standard InChI is InChI=1S/C9H13NS.ClH/c1-3-8(4-1)10-7-9-5-2-6-11-9;/h2,5-6,8,10H,1,3-4,7H2;1H.